The van der Waals surface area contributed by atoms with E-state index in [0.717, 1.165) is 0 Å². The van der Waals surface area contributed by atoms with Crippen molar-refractivity contribution in [3.8, 4) is 0 Å². The second kappa shape index (κ2) is 4.13. The number of hydrogen-bond donors (Lipinski definition) is 3. The Labute approximate surface area is 89.7 Å². The maximum atomic E-state index is 11.3. The smallest absolute Gasteiger partial charge is 0.311 e. The van der Waals surface area contributed by atoms with Gasteiger partial charge in [0.1, 0.15) is 0 Å². The first-order valence-electron chi connectivity index (χ1n) is 4.35. The second-order valence-corrected chi connectivity index (χ2v) is 3.31. The Bertz CT molecular complexity index is 422. The number of hydrogen-bond acceptors (Lipinski definition) is 4. The largest absolute Gasteiger partial charge is 0.481 e. The molecule has 0 saturated carbocycles. The van der Waals surface area contributed by atoms with Crippen molar-refractivity contribution in [1.82, 2.24) is 5.32 Å². The van der Waals surface area contributed by atoms with Crippen LogP contribution in [-0.4, -0.2) is 34.0 Å². The van der Waals surface area contributed by atoms with Crippen molar-refractivity contribution in [3.05, 3.63) is 11.1 Å². The molecule has 16 heavy (non-hydrogen) atoms. The maximum absolute atomic E-state index is 11.3. The summed E-state index contributed by atoms with van der Waals surface area (Å²) in [6.45, 7) is 1.29. The first kappa shape index (κ1) is 11.9. The van der Waals surface area contributed by atoms with Crippen molar-refractivity contribution in [2.75, 3.05) is 0 Å². The van der Waals surface area contributed by atoms with Crippen molar-refractivity contribution < 1.29 is 29.4 Å². The summed E-state index contributed by atoms with van der Waals surface area (Å²) < 4.78 is 0. The van der Waals surface area contributed by atoms with Crippen molar-refractivity contribution in [2.45, 2.75) is 13.3 Å². The van der Waals surface area contributed by atoms with E-state index in [-0.39, 0.29) is 11.1 Å². The highest BCUT2D eigenvalue weighted by Gasteiger charge is 2.37. The van der Waals surface area contributed by atoms with Crippen molar-refractivity contribution in [1.29, 1.82) is 0 Å². The monoisotopic (exact) mass is 227 g/mol. The van der Waals surface area contributed by atoms with E-state index in [1.165, 1.54) is 6.92 Å². The summed E-state index contributed by atoms with van der Waals surface area (Å²) >= 11 is 0. The molecule has 0 aromatic carbocycles. The molecular weight excluding hydrogens is 218 g/mol. The van der Waals surface area contributed by atoms with E-state index in [0.29, 0.717) is 0 Å². The minimum absolute atomic E-state index is 0.0429. The van der Waals surface area contributed by atoms with Gasteiger partial charge in [0, 0.05) is 11.1 Å². The van der Waals surface area contributed by atoms with Gasteiger partial charge in [-0.1, -0.05) is 0 Å². The molecule has 0 spiro atoms. The molecule has 0 aliphatic carbocycles. The molecule has 0 bridgehead atoms. The molecule has 2 amide bonds. The van der Waals surface area contributed by atoms with Crippen LogP contribution in [0.4, 0.5) is 0 Å². The summed E-state index contributed by atoms with van der Waals surface area (Å²) in [5.41, 5.74) is -0.321. The van der Waals surface area contributed by atoms with Crippen LogP contribution in [0.1, 0.15) is 13.3 Å². The molecule has 1 rings (SSSR count). The van der Waals surface area contributed by atoms with Crippen LogP contribution in [0.25, 0.3) is 0 Å². The predicted molar refractivity (Wildman–Crippen MR) is 49.2 cm³/mol. The van der Waals surface area contributed by atoms with E-state index in [1.807, 2.05) is 5.32 Å². The third kappa shape index (κ3) is 2.08. The average Bonchev–Trinajstić information content (AvgIpc) is 2.38. The molecule has 3 N–H and O–H groups in total. The van der Waals surface area contributed by atoms with E-state index in [2.05, 4.69) is 0 Å². The maximum Gasteiger partial charge on any atom is 0.311 e. The number of carboxylic acids is 2. The minimum atomic E-state index is -1.50. The number of carbonyl (C=O) groups excluding carboxylic acids is 2. The van der Waals surface area contributed by atoms with Crippen LogP contribution in [0.3, 0.4) is 0 Å². The number of nitrogens with one attached hydrogen (secondary N) is 1. The average molecular weight is 227 g/mol. The lowest BCUT2D eigenvalue weighted by Gasteiger charge is -2.09. The van der Waals surface area contributed by atoms with Gasteiger partial charge in [0.25, 0.3) is 11.8 Å². The number of rotatable bonds is 4. The van der Waals surface area contributed by atoms with Crippen LogP contribution in [0, 0.1) is 5.92 Å². The number of amides is 2. The zero-order chi connectivity index (χ0) is 12.5. The minimum Gasteiger partial charge on any atom is -0.481 e. The molecule has 86 valence electrons. The number of imide groups is 1. The standard InChI is InChI=1S/C9H9NO6/c1-3-6(8(14)10-7(3)13)4(9(15)16)2-5(11)12/h4H,2H2,1H3,(H,11,12)(H,15,16)(H,10,13,14). The van der Waals surface area contributed by atoms with Crippen LogP contribution in [-0.2, 0) is 19.2 Å². The van der Waals surface area contributed by atoms with Crippen LogP contribution >= 0.6 is 0 Å². The molecule has 1 aliphatic heterocycles. The third-order valence-electron chi connectivity index (χ3n) is 2.24. The summed E-state index contributed by atoms with van der Waals surface area (Å²) in [6.07, 6.45) is -0.733. The molecule has 1 atom stereocenters. The molecule has 1 aliphatic rings. The Morgan fingerprint density at radius 3 is 2.12 bits per heavy atom. The Hall–Kier alpha value is -2.18. The molecule has 0 radical (unpaired) electrons. The fourth-order valence-electron chi connectivity index (χ4n) is 1.46. The summed E-state index contributed by atoms with van der Waals surface area (Å²) in [5, 5.41) is 19.3. The van der Waals surface area contributed by atoms with Crippen molar-refractivity contribution >= 4 is 23.8 Å². The van der Waals surface area contributed by atoms with Gasteiger partial charge in [-0.25, -0.2) is 0 Å². The topological polar surface area (TPSA) is 121 Å². The lowest BCUT2D eigenvalue weighted by atomic mass is 9.93. The fourth-order valence-corrected chi connectivity index (χ4v) is 1.46. The van der Waals surface area contributed by atoms with Crippen LogP contribution in [0.5, 0.6) is 0 Å². The Morgan fingerprint density at radius 1 is 1.25 bits per heavy atom. The Morgan fingerprint density at radius 2 is 1.81 bits per heavy atom. The molecule has 7 nitrogen and oxygen atoms in total. The van der Waals surface area contributed by atoms with Gasteiger partial charge in [0.05, 0.1) is 12.3 Å². The molecule has 0 aromatic rings. The van der Waals surface area contributed by atoms with E-state index < -0.39 is 36.1 Å². The second-order valence-electron chi connectivity index (χ2n) is 3.31. The predicted octanol–water partition coefficient (Wildman–Crippen LogP) is -0.865. The van der Waals surface area contributed by atoms with Gasteiger partial charge in [-0.2, -0.15) is 0 Å². The fraction of sp³-hybridized carbons (Fsp3) is 0.333. The van der Waals surface area contributed by atoms with Gasteiger partial charge in [-0.05, 0) is 6.92 Å². The zero-order valence-corrected chi connectivity index (χ0v) is 8.31. The quantitative estimate of drug-likeness (QED) is 0.537. The number of carboxylic acid groups (broad SMARTS) is 2. The van der Waals surface area contributed by atoms with Gasteiger partial charge in [-0.3, -0.25) is 24.5 Å². The Kier molecular flexibility index (Phi) is 3.07. The van der Waals surface area contributed by atoms with Gasteiger partial charge >= 0.3 is 11.9 Å². The highest BCUT2D eigenvalue weighted by Crippen LogP contribution is 2.24. The summed E-state index contributed by atoms with van der Waals surface area (Å²) in [7, 11) is 0. The molecule has 1 heterocycles. The van der Waals surface area contributed by atoms with E-state index in [1.54, 1.807) is 0 Å². The third-order valence-corrected chi connectivity index (χ3v) is 2.24. The van der Waals surface area contributed by atoms with E-state index in [9.17, 15) is 19.2 Å². The van der Waals surface area contributed by atoms with Crippen LogP contribution in [0.2, 0.25) is 0 Å². The Balaban J connectivity index is 3.12. The highest BCUT2D eigenvalue weighted by atomic mass is 16.4. The van der Waals surface area contributed by atoms with Crippen molar-refractivity contribution in [3.63, 3.8) is 0 Å². The summed E-state index contributed by atoms with van der Waals surface area (Å²) in [5.74, 6) is -5.81. The van der Waals surface area contributed by atoms with Gasteiger partial charge < -0.3 is 10.2 Å². The lowest BCUT2D eigenvalue weighted by Crippen LogP contribution is -2.28. The van der Waals surface area contributed by atoms with Gasteiger partial charge in [0.15, 0.2) is 0 Å². The SMILES string of the molecule is CC1=C(C(CC(=O)O)C(=O)O)C(=O)NC1=O. The van der Waals surface area contributed by atoms with E-state index in [4.69, 9.17) is 10.2 Å². The highest BCUT2D eigenvalue weighted by molar-refractivity contribution is 6.20. The van der Waals surface area contributed by atoms with Crippen LogP contribution < -0.4 is 5.32 Å². The number of carbonyl (C=O) groups is 4. The number of aliphatic carboxylic acids is 2. The zero-order valence-electron chi connectivity index (χ0n) is 8.31. The van der Waals surface area contributed by atoms with E-state index >= 15 is 0 Å². The normalized spacial score (nSPS) is 17.3. The molecule has 0 saturated heterocycles. The molecular formula is C9H9NO6. The molecule has 0 fully saturated rings. The van der Waals surface area contributed by atoms with Gasteiger partial charge in [0.2, 0.25) is 0 Å². The molecule has 1 unspecified atom stereocenters. The molecule has 0 aromatic heterocycles. The first-order valence-corrected chi connectivity index (χ1v) is 4.35. The first-order chi connectivity index (χ1) is 7.34. The van der Waals surface area contributed by atoms with Crippen molar-refractivity contribution in [2.24, 2.45) is 5.92 Å². The lowest BCUT2D eigenvalue weighted by molar-refractivity contribution is -0.147. The molecule has 7 heteroatoms. The van der Waals surface area contributed by atoms with Crippen LogP contribution in [0.15, 0.2) is 11.1 Å². The van der Waals surface area contributed by atoms with Gasteiger partial charge in [-0.15, -0.1) is 0 Å². The summed E-state index contributed by atoms with van der Waals surface area (Å²) in [6, 6.07) is 0. The summed E-state index contributed by atoms with van der Waals surface area (Å²) in [4.78, 5) is 43.6.